The lowest BCUT2D eigenvalue weighted by atomic mass is 10.2. The van der Waals surface area contributed by atoms with Crippen LogP contribution in [0, 0.1) is 10.1 Å². The second-order valence-corrected chi connectivity index (χ2v) is 4.53. The highest BCUT2D eigenvalue weighted by Crippen LogP contribution is 2.14. The van der Waals surface area contributed by atoms with E-state index in [1.807, 2.05) is 0 Å². The topological polar surface area (TPSA) is 127 Å². The third kappa shape index (κ3) is 4.70. The summed E-state index contributed by atoms with van der Waals surface area (Å²) in [5, 5.41) is 16.9. The highest BCUT2D eigenvalue weighted by atomic mass is 16.6. The summed E-state index contributed by atoms with van der Waals surface area (Å²) in [7, 11) is 0. The summed E-state index contributed by atoms with van der Waals surface area (Å²) in [5.41, 5.74) is 2.69. The van der Waals surface area contributed by atoms with Gasteiger partial charge in [-0.15, -0.1) is 0 Å². The number of hydrogen-bond acceptors (Lipinski definition) is 6. The Morgan fingerprint density at radius 1 is 1.21 bits per heavy atom. The summed E-state index contributed by atoms with van der Waals surface area (Å²) in [5.74, 6) is -0.984. The molecule has 2 rings (SSSR count). The molecular weight excluding hydrogens is 314 g/mol. The third-order valence-corrected chi connectivity index (χ3v) is 2.88. The first kappa shape index (κ1) is 16.7. The number of carbonyl (C=O) groups is 2. The average molecular weight is 327 g/mol. The van der Waals surface area contributed by atoms with Crippen LogP contribution in [0.5, 0.6) is 0 Å². The predicted octanol–water partition coefficient (Wildman–Crippen LogP) is 0.870. The molecule has 122 valence electrons. The summed E-state index contributed by atoms with van der Waals surface area (Å²) >= 11 is 0. The van der Waals surface area contributed by atoms with E-state index >= 15 is 0 Å². The summed E-state index contributed by atoms with van der Waals surface area (Å²) in [6.07, 6.45) is 4.10. The number of nitrogens with zero attached hydrogens (tertiary/aromatic N) is 3. The smallest absolute Gasteiger partial charge is 0.278 e. The molecule has 2 aromatic rings. The van der Waals surface area contributed by atoms with Gasteiger partial charge < -0.3 is 5.32 Å². The monoisotopic (exact) mass is 327 g/mol. The van der Waals surface area contributed by atoms with Gasteiger partial charge in [0.2, 0.25) is 0 Å². The molecule has 24 heavy (non-hydrogen) atoms. The van der Waals surface area contributed by atoms with Crippen LogP contribution in [0.25, 0.3) is 0 Å². The number of para-hydroxylation sites is 1. The van der Waals surface area contributed by atoms with Crippen molar-refractivity contribution in [3.05, 3.63) is 70.0 Å². The van der Waals surface area contributed by atoms with Gasteiger partial charge in [-0.3, -0.25) is 24.7 Å². The number of amides is 2. The molecule has 0 atom stereocenters. The highest BCUT2D eigenvalue weighted by molar-refractivity contribution is 5.96. The van der Waals surface area contributed by atoms with Gasteiger partial charge in [-0.2, -0.15) is 5.10 Å². The summed E-state index contributed by atoms with van der Waals surface area (Å²) < 4.78 is 0. The minimum atomic E-state index is -0.563. The number of aromatic nitrogens is 1. The van der Waals surface area contributed by atoms with Crippen LogP contribution < -0.4 is 10.7 Å². The van der Waals surface area contributed by atoms with Gasteiger partial charge in [0, 0.05) is 24.0 Å². The molecule has 0 aliphatic rings. The van der Waals surface area contributed by atoms with Crippen molar-refractivity contribution in [1.29, 1.82) is 0 Å². The molecule has 2 N–H and O–H groups in total. The van der Waals surface area contributed by atoms with Crippen LogP contribution in [0.3, 0.4) is 0 Å². The Kier molecular flexibility index (Phi) is 5.67. The molecule has 0 unspecified atom stereocenters. The van der Waals surface area contributed by atoms with Crippen molar-refractivity contribution in [2.45, 2.75) is 0 Å². The maximum absolute atomic E-state index is 11.7. The number of hydrogen-bond donors (Lipinski definition) is 2. The van der Waals surface area contributed by atoms with Crippen LogP contribution in [-0.2, 0) is 4.79 Å². The minimum absolute atomic E-state index is 0.124. The van der Waals surface area contributed by atoms with Gasteiger partial charge in [-0.25, -0.2) is 5.43 Å². The molecule has 0 bridgehead atoms. The zero-order valence-corrected chi connectivity index (χ0v) is 12.4. The number of nitrogens with one attached hydrogen (secondary N) is 2. The van der Waals surface area contributed by atoms with Crippen molar-refractivity contribution in [3.8, 4) is 0 Å². The molecule has 9 heteroatoms. The zero-order chi connectivity index (χ0) is 17.4. The van der Waals surface area contributed by atoms with Crippen LogP contribution in [0.4, 0.5) is 5.69 Å². The Labute approximate surface area is 136 Å². The summed E-state index contributed by atoms with van der Waals surface area (Å²) in [4.78, 5) is 37.4. The average Bonchev–Trinajstić information content (AvgIpc) is 2.60. The fourth-order valence-corrected chi connectivity index (χ4v) is 1.74. The normalized spacial score (nSPS) is 10.3. The minimum Gasteiger partial charge on any atom is -0.343 e. The van der Waals surface area contributed by atoms with E-state index in [1.54, 1.807) is 6.07 Å². The van der Waals surface area contributed by atoms with Gasteiger partial charge in [0.15, 0.2) is 0 Å². The molecule has 0 fully saturated rings. The second-order valence-electron chi connectivity index (χ2n) is 4.53. The van der Waals surface area contributed by atoms with Crippen molar-refractivity contribution >= 4 is 23.7 Å². The van der Waals surface area contributed by atoms with Gasteiger partial charge in [-0.1, -0.05) is 12.1 Å². The number of nitro benzene ring substituents is 1. The Balaban J connectivity index is 1.85. The van der Waals surface area contributed by atoms with E-state index in [0.717, 1.165) is 0 Å². The van der Waals surface area contributed by atoms with Crippen molar-refractivity contribution in [1.82, 2.24) is 15.7 Å². The molecule has 1 aromatic carbocycles. The first-order valence-corrected chi connectivity index (χ1v) is 6.81. The third-order valence-electron chi connectivity index (χ3n) is 2.88. The fourth-order valence-electron chi connectivity index (χ4n) is 1.74. The molecule has 2 amide bonds. The van der Waals surface area contributed by atoms with Crippen LogP contribution in [0.2, 0.25) is 0 Å². The lowest BCUT2D eigenvalue weighted by Crippen LogP contribution is -2.34. The summed E-state index contributed by atoms with van der Waals surface area (Å²) in [6, 6.07) is 9.00. The van der Waals surface area contributed by atoms with Gasteiger partial charge in [0.1, 0.15) is 0 Å². The Bertz CT molecular complexity index is 776. The molecule has 9 nitrogen and oxygen atoms in total. The van der Waals surface area contributed by atoms with Crippen molar-refractivity contribution in [3.63, 3.8) is 0 Å². The first-order valence-electron chi connectivity index (χ1n) is 6.81. The Hall–Kier alpha value is -3.62. The number of hydrazone groups is 1. The van der Waals surface area contributed by atoms with Crippen molar-refractivity contribution < 1.29 is 14.5 Å². The van der Waals surface area contributed by atoms with Crippen LogP contribution in [-0.4, -0.2) is 34.5 Å². The molecule has 1 aromatic heterocycles. The van der Waals surface area contributed by atoms with Gasteiger partial charge in [-0.05, 0) is 18.2 Å². The quantitative estimate of drug-likeness (QED) is 0.462. The highest BCUT2D eigenvalue weighted by Gasteiger charge is 2.10. The lowest BCUT2D eigenvalue weighted by molar-refractivity contribution is -0.385. The number of rotatable bonds is 6. The molecular formula is C15H13N5O4. The van der Waals surface area contributed by atoms with Gasteiger partial charge >= 0.3 is 0 Å². The van der Waals surface area contributed by atoms with Crippen molar-refractivity contribution in [2.75, 3.05) is 6.54 Å². The first-order chi connectivity index (χ1) is 11.6. The van der Waals surface area contributed by atoms with Gasteiger partial charge in [0.25, 0.3) is 17.5 Å². The Morgan fingerprint density at radius 3 is 2.62 bits per heavy atom. The molecule has 0 spiro atoms. The number of carbonyl (C=O) groups excluding carboxylic acids is 2. The molecule has 0 aliphatic carbocycles. The van der Waals surface area contributed by atoms with E-state index in [0.29, 0.717) is 5.56 Å². The molecule has 0 radical (unpaired) electrons. The van der Waals surface area contributed by atoms with E-state index in [9.17, 15) is 19.7 Å². The fraction of sp³-hybridized carbons (Fsp3) is 0.0667. The van der Waals surface area contributed by atoms with Crippen LogP contribution >= 0.6 is 0 Å². The van der Waals surface area contributed by atoms with Crippen LogP contribution in [0.1, 0.15) is 15.9 Å². The summed E-state index contributed by atoms with van der Waals surface area (Å²) in [6.45, 7) is -0.282. The standard InChI is InChI=1S/C15H13N5O4/c21-14(10-17-15(22)11-5-7-16-8-6-11)19-18-9-12-3-1-2-4-13(12)20(23)24/h1-9H,10H2,(H,17,22)(H,19,21). The zero-order valence-electron chi connectivity index (χ0n) is 12.4. The van der Waals surface area contributed by atoms with E-state index in [2.05, 4.69) is 20.8 Å². The van der Waals surface area contributed by atoms with E-state index < -0.39 is 16.7 Å². The molecule has 0 saturated heterocycles. The maximum Gasteiger partial charge on any atom is 0.278 e. The van der Waals surface area contributed by atoms with E-state index in [-0.39, 0.29) is 17.8 Å². The maximum atomic E-state index is 11.7. The molecule has 0 saturated carbocycles. The van der Waals surface area contributed by atoms with Crippen LogP contribution in [0.15, 0.2) is 53.9 Å². The molecule has 1 heterocycles. The number of pyridine rings is 1. The SMILES string of the molecule is O=C(CNC(=O)c1ccncc1)NN=Cc1ccccc1[N+](=O)[O-]. The van der Waals surface area contributed by atoms with E-state index in [4.69, 9.17) is 0 Å². The Morgan fingerprint density at radius 2 is 1.92 bits per heavy atom. The van der Waals surface area contributed by atoms with Gasteiger partial charge in [0.05, 0.1) is 23.2 Å². The number of benzene rings is 1. The van der Waals surface area contributed by atoms with E-state index in [1.165, 1.54) is 48.9 Å². The molecule has 0 aliphatic heterocycles. The lowest BCUT2D eigenvalue weighted by Gasteiger charge is -2.03. The van der Waals surface area contributed by atoms with Crippen molar-refractivity contribution in [2.24, 2.45) is 5.10 Å². The largest absolute Gasteiger partial charge is 0.343 e. The number of nitro groups is 1. The predicted molar refractivity (Wildman–Crippen MR) is 85.4 cm³/mol. The second kappa shape index (κ2) is 8.13.